The summed E-state index contributed by atoms with van der Waals surface area (Å²) < 4.78 is 210. The Hall–Kier alpha value is -4.79. The Labute approximate surface area is 441 Å². The highest BCUT2D eigenvalue weighted by atomic mass is 32.2. The maximum Gasteiger partial charge on any atom is 0.303 e. The number of anilines is 1. The number of aliphatic carboxylic acids is 1. The van der Waals surface area contributed by atoms with Gasteiger partial charge in [0.1, 0.15) is 47.0 Å². The Balaban J connectivity index is 1.67. The molecule has 0 bridgehead atoms. The molecule has 0 radical (unpaired) electrons. The SMILES string of the molecule is COCCOCCC1(C)C(/C=C/C=C2/N(CCCCCC(=O)O)c3ccc4c(S(=O)(=O)[O-])cc(S(=O)(=O)[O-])cc4c3C2(C)CCOCCOC)=[N+](CCCS(=O)(=O)O)c2ccc3c(S(=O)(=O)[O-])cc(S(=O)(=O)[O-])cc3c21. The van der Waals surface area contributed by atoms with Gasteiger partial charge in [0.05, 0.1) is 57.2 Å². The lowest BCUT2D eigenvalue weighted by Gasteiger charge is -2.31. The topological polar surface area (TPSA) is 364 Å². The van der Waals surface area contributed by atoms with Crippen LogP contribution in [0.4, 0.5) is 11.4 Å². The lowest BCUT2D eigenvalue weighted by molar-refractivity contribution is -0.437. The average molecular weight is 1160 g/mol. The van der Waals surface area contributed by atoms with Crippen LogP contribution in [0.3, 0.4) is 0 Å². The van der Waals surface area contributed by atoms with Gasteiger partial charge in [-0.3, -0.25) is 9.35 Å². The van der Waals surface area contributed by atoms with Gasteiger partial charge >= 0.3 is 5.97 Å². The zero-order valence-corrected chi connectivity index (χ0v) is 45.8. The summed E-state index contributed by atoms with van der Waals surface area (Å²) in [7, 11) is -23.2. The molecular weight excluding hydrogens is 1100 g/mol. The molecule has 2 N–H and O–H groups in total. The van der Waals surface area contributed by atoms with Crippen LogP contribution in [-0.2, 0) is 85.2 Å². The number of ether oxygens (including phenoxy) is 4. The average Bonchev–Trinajstić information content (AvgIpc) is 3.69. The molecular formula is C48H57N2O21S5-3. The number of carbonyl (C=O) groups is 1. The van der Waals surface area contributed by atoms with Gasteiger partial charge in [0.15, 0.2) is 5.71 Å². The second-order valence-electron chi connectivity index (χ2n) is 18.6. The molecule has 4 aromatic rings. The first-order valence-corrected chi connectivity index (χ1v) is 30.8. The first kappa shape index (κ1) is 60.4. The molecule has 0 fully saturated rings. The molecule has 2 aliphatic rings. The fourth-order valence-electron chi connectivity index (χ4n) is 10.1. The highest BCUT2D eigenvalue weighted by molar-refractivity contribution is 7.87. The van der Waals surface area contributed by atoms with Gasteiger partial charge in [-0.25, -0.2) is 33.7 Å². The summed E-state index contributed by atoms with van der Waals surface area (Å²) in [6.07, 6.45) is 5.81. The van der Waals surface area contributed by atoms with Gasteiger partial charge in [0, 0.05) is 86.7 Å². The number of hydrogen-bond donors (Lipinski definition) is 2. The number of benzene rings is 4. The standard InChI is InChI=1S/C48H60N2O21S5/c1-47(17-21-70-25-23-68-3)42(49(19-7-5-6-12-44(51)52)38-15-13-34-36(45(38)47)28-32(73(56,57)58)30-40(34)75(62,63)64)10-8-11-43-48(2,18-22-71-26-24-69-4)46-37-29-33(74(59,60)61)31-41(76(65,66)67)35(37)14-16-39(46)50(43)20-9-27-72(53,54)55/h8,10-11,13-16,28-31H,5-7,9,12,17-27H2,1-4H3,(H5-,51,52,53,54,55,56,57,58,59,60,61,62,63,64,65,66,67)/p-3. The number of fused-ring (bicyclic) bond motifs is 6. The van der Waals surface area contributed by atoms with Crippen molar-refractivity contribution in [3.05, 3.63) is 83.6 Å². The van der Waals surface area contributed by atoms with Crippen molar-refractivity contribution >= 4 is 95.2 Å². The molecule has 6 rings (SSSR count). The van der Waals surface area contributed by atoms with Gasteiger partial charge in [-0.1, -0.05) is 18.6 Å². The van der Waals surface area contributed by atoms with Crippen LogP contribution in [0.2, 0.25) is 0 Å². The van der Waals surface area contributed by atoms with Gasteiger partial charge in [-0.15, -0.1) is 0 Å². The second-order valence-corrected chi connectivity index (χ2v) is 25.6. The van der Waals surface area contributed by atoms with E-state index in [0.717, 1.165) is 12.1 Å². The molecule has 0 aromatic heterocycles. The molecule has 0 saturated heterocycles. The number of unbranched alkanes of at least 4 members (excludes halogenated alkanes) is 2. The molecule has 0 amide bonds. The second kappa shape index (κ2) is 23.7. The fourth-order valence-corrected chi connectivity index (χ4v) is 13.2. The minimum atomic E-state index is -5.44. The van der Waals surface area contributed by atoms with E-state index in [9.17, 15) is 74.8 Å². The van der Waals surface area contributed by atoms with E-state index in [1.54, 1.807) is 42.7 Å². The molecule has 76 heavy (non-hydrogen) atoms. The predicted molar refractivity (Wildman–Crippen MR) is 271 cm³/mol. The van der Waals surface area contributed by atoms with E-state index in [4.69, 9.17) is 18.9 Å². The summed E-state index contributed by atoms with van der Waals surface area (Å²) in [6, 6.07) is 8.53. The van der Waals surface area contributed by atoms with E-state index < -0.39 is 92.7 Å². The Morgan fingerprint density at radius 1 is 0.645 bits per heavy atom. The normalized spacial score (nSPS) is 19.0. The summed E-state index contributed by atoms with van der Waals surface area (Å²) in [4.78, 5) is 9.35. The van der Waals surface area contributed by atoms with E-state index in [2.05, 4.69) is 0 Å². The van der Waals surface area contributed by atoms with Crippen molar-refractivity contribution in [1.29, 1.82) is 0 Å². The first-order chi connectivity index (χ1) is 35.4. The molecule has 28 heteroatoms. The van der Waals surface area contributed by atoms with Crippen LogP contribution in [0.1, 0.15) is 69.9 Å². The van der Waals surface area contributed by atoms with E-state index in [1.807, 2.05) is 4.90 Å². The van der Waals surface area contributed by atoms with Crippen molar-refractivity contribution in [2.24, 2.45) is 0 Å². The van der Waals surface area contributed by atoms with Gasteiger partial charge < -0.3 is 47.2 Å². The number of allylic oxidation sites excluding steroid dienone is 4. The first-order valence-electron chi connectivity index (χ1n) is 23.6. The van der Waals surface area contributed by atoms with Crippen LogP contribution in [-0.4, -0.2) is 159 Å². The number of nitrogens with zero attached hydrogens (tertiary/aromatic N) is 2. The van der Waals surface area contributed by atoms with Gasteiger partial charge in [-0.05, 0) is 104 Å². The lowest BCUT2D eigenvalue weighted by Crippen LogP contribution is -2.33. The zero-order valence-electron chi connectivity index (χ0n) is 41.8. The third-order valence-corrected chi connectivity index (χ3v) is 17.7. The molecule has 4 aromatic carbocycles. The summed E-state index contributed by atoms with van der Waals surface area (Å²) in [5, 5.41) is 8.79. The van der Waals surface area contributed by atoms with Crippen LogP contribution in [0, 0.1) is 0 Å². The highest BCUT2D eigenvalue weighted by Crippen LogP contribution is 2.54. The third kappa shape index (κ3) is 13.5. The van der Waals surface area contributed by atoms with Crippen molar-refractivity contribution < 1.29 is 98.3 Å². The molecule has 0 spiro atoms. The molecule has 0 saturated carbocycles. The monoisotopic (exact) mass is 1160 g/mol. The number of methoxy groups -OCH3 is 2. The Bertz CT molecular complexity index is 3580. The number of carboxylic acid groups (broad SMARTS) is 1. The highest BCUT2D eigenvalue weighted by Gasteiger charge is 2.50. The van der Waals surface area contributed by atoms with Crippen molar-refractivity contribution in [2.45, 2.75) is 89.2 Å². The molecule has 2 atom stereocenters. The number of rotatable bonds is 28. The van der Waals surface area contributed by atoms with Crippen molar-refractivity contribution in [3.8, 4) is 0 Å². The quantitative estimate of drug-likeness (QED) is 0.0457. The zero-order chi connectivity index (χ0) is 56.2. The van der Waals surface area contributed by atoms with E-state index in [0.29, 0.717) is 54.1 Å². The Morgan fingerprint density at radius 2 is 1.17 bits per heavy atom. The molecule has 23 nitrogen and oxygen atoms in total. The summed E-state index contributed by atoms with van der Waals surface area (Å²) >= 11 is 0. The maximum atomic E-state index is 12.8. The molecule has 2 unspecified atom stereocenters. The smallest absolute Gasteiger partial charge is 0.303 e. The van der Waals surface area contributed by atoms with E-state index in [1.165, 1.54) is 32.4 Å². The van der Waals surface area contributed by atoms with Crippen LogP contribution < -0.4 is 4.90 Å². The Morgan fingerprint density at radius 3 is 1.67 bits per heavy atom. The van der Waals surface area contributed by atoms with Crippen LogP contribution >= 0.6 is 0 Å². The number of carboxylic acids is 1. The third-order valence-electron chi connectivity index (χ3n) is 13.5. The van der Waals surface area contributed by atoms with E-state index >= 15 is 0 Å². The summed E-state index contributed by atoms with van der Waals surface area (Å²) in [5.41, 5.74) is -0.612. The van der Waals surface area contributed by atoms with Crippen molar-refractivity contribution in [3.63, 3.8) is 0 Å². The largest absolute Gasteiger partial charge is 0.744 e. The van der Waals surface area contributed by atoms with Crippen LogP contribution in [0.25, 0.3) is 21.5 Å². The molecule has 418 valence electrons. The summed E-state index contributed by atoms with van der Waals surface area (Å²) in [6.45, 7) is 4.13. The lowest BCUT2D eigenvalue weighted by atomic mass is 9.74. The molecule has 2 aliphatic heterocycles. The predicted octanol–water partition coefficient (Wildman–Crippen LogP) is 4.21. The van der Waals surface area contributed by atoms with Crippen molar-refractivity contribution in [1.82, 2.24) is 0 Å². The molecule has 2 heterocycles. The minimum Gasteiger partial charge on any atom is -0.744 e. The fraction of sp³-hybridized carbons (Fsp3) is 0.458. The maximum absolute atomic E-state index is 12.8. The van der Waals surface area contributed by atoms with Gasteiger partial charge in [0.25, 0.3) is 10.1 Å². The number of hydrogen-bond acceptors (Lipinski definition) is 20. The minimum absolute atomic E-state index is 0.0139. The Kier molecular flexibility index (Phi) is 18.8. The van der Waals surface area contributed by atoms with E-state index in [-0.39, 0.29) is 111 Å². The van der Waals surface area contributed by atoms with Gasteiger partial charge in [0.2, 0.25) is 5.69 Å². The van der Waals surface area contributed by atoms with Crippen LogP contribution in [0.15, 0.2) is 92.0 Å². The summed E-state index contributed by atoms with van der Waals surface area (Å²) in [5.74, 6) is -1.73. The van der Waals surface area contributed by atoms with Crippen molar-refractivity contribution in [2.75, 3.05) is 77.6 Å². The molecule has 0 aliphatic carbocycles. The van der Waals surface area contributed by atoms with Crippen LogP contribution in [0.5, 0.6) is 0 Å². The van der Waals surface area contributed by atoms with Gasteiger partial charge in [-0.2, -0.15) is 13.0 Å².